The minimum atomic E-state index is -3.26. The first-order valence-electron chi connectivity index (χ1n) is 6.84. The van der Waals surface area contributed by atoms with Crippen LogP contribution in [0.2, 0.25) is 0 Å². The highest BCUT2D eigenvalue weighted by Crippen LogP contribution is 2.19. The Labute approximate surface area is 128 Å². The van der Waals surface area contributed by atoms with Crippen molar-refractivity contribution < 1.29 is 27.5 Å². The van der Waals surface area contributed by atoms with Gasteiger partial charge in [-0.2, -0.15) is 4.31 Å². The Bertz CT molecular complexity index is 685. The van der Waals surface area contributed by atoms with Crippen molar-refractivity contribution >= 4 is 21.9 Å². The lowest BCUT2D eigenvalue weighted by atomic mass is 10.2. The van der Waals surface area contributed by atoms with Gasteiger partial charge in [-0.15, -0.1) is 0 Å². The molecule has 1 N–H and O–H groups in total. The molecule has 0 unspecified atom stereocenters. The van der Waals surface area contributed by atoms with Crippen molar-refractivity contribution in [1.29, 1.82) is 0 Å². The van der Waals surface area contributed by atoms with Crippen LogP contribution in [0, 0.1) is 0 Å². The van der Waals surface area contributed by atoms with Gasteiger partial charge in [-0.25, -0.2) is 13.2 Å². The maximum atomic E-state index is 12.3. The van der Waals surface area contributed by atoms with Crippen LogP contribution >= 0.6 is 0 Å². The number of hydrogen-bond acceptors (Lipinski definition) is 5. The maximum Gasteiger partial charge on any atom is 0.339 e. The lowest BCUT2D eigenvalue weighted by Crippen LogP contribution is -2.50. The lowest BCUT2D eigenvalue weighted by Gasteiger charge is -2.32. The molecule has 1 aliphatic heterocycles. The normalized spacial score (nSPS) is 16.7. The number of carbonyl (C=O) groups excluding carboxylic acids is 1. The van der Waals surface area contributed by atoms with Crippen LogP contribution in [0.4, 0.5) is 0 Å². The van der Waals surface area contributed by atoms with Crippen molar-refractivity contribution in [1.82, 2.24) is 9.21 Å². The third-order valence-electron chi connectivity index (χ3n) is 3.57. The third-order valence-corrected chi connectivity index (χ3v) is 4.87. The van der Waals surface area contributed by atoms with Crippen LogP contribution in [0.3, 0.4) is 0 Å². The number of aromatic carboxylic acids is 1. The Morgan fingerprint density at radius 1 is 1.27 bits per heavy atom. The molecule has 2 heterocycles. The summed E-state index contributed by atoms with van der Waals surface area (Å²) in [4.78, 5) is 24.9. The van der Waals surface area contributed by atoms with Crippen molar-refractivity contribution in [2.24, 2.45) is 0 Å². The molecule has 1 fully saturated rings. The zero-order chi connectivity index (χ0) is 16.5. The third kappa shape index (κ3) is 3.30. The maximum absolute atomic E-state index is 12.3. The van der Waals surface area contributed by atoms with Crippen molar-refractivity contribution in [2.45, 2.75) is 13.3 Å². The molecular formula is C13H18N2O6S. The fourth-order valence-electron chi connectivity index (χ4n) is 2.36. The van der Waals surface area contributed by atoms with Crippen molar-refractivity contribution in [3.8, 4) is 0 Å². The summed E-state index contributed by atoms with van der Waals surface area (Å²) in [6, 6.07) is 1.23. The van der Waals surface area contributed by atoms with Gasteiger partial charge in [0.05, 0.1) is 6.26 Å². The van der Waals surface area contributed by atoms with E-state index in [9.17, 15) is 18.0 Å². The van der Waals surface area contributed by atoms with Crippen LogP contribution < -0.4 is 0 Å². The number of hydrogen-bond donors (Lipinski definition) is 1. The van der Waals surface area contributed by atoms with Gasteiger partial charge in [-0.1, -0.05) is 6.92 Å². The van der Waals surface area contributed by atoms with Crippen molar-refractivity contribution in [3.05, 3.63) is 23.2 Å². The summed E-state index contributed by atoms with van der Waals surface area (Å²) in [5.74, 6) is -1.33. The number of piperazine rings is 1. The van der Waals surface area contributed by atoms with Gasteiger partial charge in [0.15, 0.2) is 5.76 Å². The Morgan fingerprint density at radius 2 is 1.86 bits per heavy atom. The molecule has 0 spiro atoms. The minimum absolute atomic E-state index is 0.0133. The van der Waals surface area contributed by atoms with Crippen LogP contribution in [0.5, 0.6) is 0 Å². The van der Waals surface area contributed by atoms with Crippen molar-refractivity contribution in [2.75, 3.05) is 32.4 Å². The Morgan fingerprint density at radius 3 is 2.27 bits per heavy atom. The highest BCUT2D eigenvalue weighted by atomic mass is 32.2. The van der Waals surface area contributed by atoms with Gasteiger partial charge in [0.25, 0.3) is 5.91 Å². The quantitative estimate of drug-likeness (QED) is 0.848. The highest BCUT2D eigenvalue weighted by Gasteiger charge is 2.29. The van der Waals surface area contributed by atoms with Gasteiger partial charge in [0, 0.05) is 38.7 Å². The highest BCUT2D eigenvalue weighted by molar-refractivity contribution is 7.88. The first-order valence-corrected chi connectivity index (χ1v) is 8.69. The van der Waals surface area contributed by atoms with Crippen LogP contribution in [0.1, 0.15) is 33.6 Å². The number of rotatable bonds is 4. The van der Waals surface area contributed by atoms with E-state index in [1.165, 1.54) is 15.3 Å². The Hall–Kier alpha value is -1.87. The molecule has 1 amide bonds. The number of carboxylic acid groups (broad SMARTS) is 1. The summed E-state index contributed by atoms with van der Waals surface area (Å²) in [6.45, 7) is 2.67. The summed E-state index contributed by atoms with van der Waals surface area (Å²) in [7, 11) is -3.26. The second kappa shape index (κ2) is 6.09. The number of sulfonamides is 1. The second-order valence-electron chi connectivity index (χ2n) is 5.06. The molecule has 1 aliphatic rings. The summed E-state index contributed by atoms with van der Waals surface area (Å²) < 4.78 is 29.5. The molecule has 1 aromatic rings. The fourth-order valence-corrected chi connectivity index (χ4v) is 3.18. The molecule has 0 aliphatic carbocycles. The van der Waals surface area contributed by atoms with Gasteiger partial charge in [-0.3, -0.25) is 4.79 Å². The van der Waals surface area contributed by atoms with Gasteiger partial charge in [0.1, 0.15) is 11.3 Å². The zero-order valence-corrected chi connectivity index (χ0v) is 13.2. The monoisotopic (exact) mass is 330 g/mol. The van der Waals surface area contributed by atoms with Crippen LogP contribution in [-0.4, -0.2) is 67.0 Å². The first-order chi connectivity index (χ1) is 10.2. The summed E-state index contributed by atoms with van der Waals surface area (Å²) >= 11 is 0. The van der Waals surface area contributed by atoms with E-state index in [-0.39, 0.29) is 43.3 Å². The van der Waals surface area contributed by atoms with Gasteiger partial charge in [-0.05, 0) is 0 Å². The second-order valence-corrected chi connectivity index (χ2v) is 7.04. The average Bonchev–Trinajstić information content (AvgIpc) is 2.90. The van der Waals surface area contributed by atoms with Crippen molar-refractivity contribution in [3.63, 3.8) is 0 Å². The standard InChI is InChI=1S/C13H18N2O6S/c1-3-10-9(13(17)18)8-11(21-10)12(16)14-4-6-15(7-5-14)22(2,19)20/h8H,3-7H2,1-2H3,(H,17,18). The van der Waals surface area contributed by atoms with E-state index < -0.39 is 21.9 Å². The zero-order valence-electron chi connectivity index (χ0n) is 12.4. The molecule has 9 heteroatoms. The van der Waals surface area contributed by atoms with Gasteiger partial charge in [0.2, 0.25) is 10.0 Å². The molecule has 0 saturated carbocycles. The fraction of sp³-hybridized carbons (Fsp3) is 0.538. The number of furan rings is 1. The molecule has 1 aromatic heterocycles. The predicted octanol–water partition coefficient (Wildman–Crippen LogP) is 0.258. The summed E-state index contributed by atoms with van der Waals surface area (Å²) in [6.07, 6.45) is 1.50. The molecular weight excluding hydrogens is 312 g/mol. The lowest BCUT2D eigenvalue weighted by molar-refractivity contribution is 0.0662. The van der Waals surface area contributed by atoms with Crippen LogP contribution in [0.25, 0.3) is 0 Å². The number of carbonyl (C=O) groups is 2. The van der Waals surface area contributed by atoms with E-state index in [1.807, 2.05) is 0 Å². The summed E-state index contributed by atoms with van der Waals surface area (Å²) in [5, 5.41) is 9.07. The van der Waals surface area contributed by atoms with E-state index in [2.05, 4.69) is 0 Å². The van der Waals surface area contributed by atoms with Crippen LogP contribution in [-0.2, 0) is 16.4 Å². The van der Waals surface area contributed by atoms with Gasteiger partial charge < -0.3 is 14.4 Å². The average molecular weight is 330 g/mol. The van der Waals surface area contributed by atoms with E-state index in [4.69, 9.17) is 9.52 Å². The van der Waals surface area contributed by atoms with E-state index in [0.717, 1.165) is 6.26 Å². The number of amides is 1. The van der Waals surface area contributed by atoms with Crippen LogP contribution in [0.15, 0.2) is 10.5 Å². The molecule has 22 heavy (non-hydrogen) atoms. The molecule has 0 bridgehead atoms. The topological polar surface area (TPSA) is 108 Å². The number of carboxylic acids is 1. The smallest absolute Gasteiger partial charge is 0.339 e. The Kier molecular flexibility index (Phi) is 4.57. The molecule has 0 radical (unpaired) electrons. The summed E-state index contributed by atoms with van der Waals surface area (Å²) in [5.41, 5.74) is -0.0133. The Balaban J connectivity index is 2.12. The predicted molar refractivity (Wildman–Crippen MR) is 77.4 cm³/mol. The molecule has 1 saturated heterocycles. The van der Waals surface area contributed by atoms with E-state index in [1.54, 1.807) is 6.92 Å². The molecule has 2 rings (SSSR count). The number of aryl methyl sites for hydroxylation is 1. The minimum Gasteiger partial charge on any atom is -0.478 e. The molecule has 0 aromatic carbocycles. The molecule has 122 valence electrons. The molecule has 8 nitrogen and oxygen atoms in total. The first kappa shape index (κ1) is 16.5. The van der Waals surface area contributed by atoms with Gasteiger partial charge >= 0.3 is 5.97 Å². The van der Waals surface area contributed by atoms with E-state index in [0.29, 0.717) is 6.42 Å². The molecule has 0 atom stereocenters. The van der Waals surface area contributed by atoms with E-state index >= 15 is 0 Å². The number of nitrogens with zero attached hydrogens (tertiary/aromatic N) is 2. The largest absolute Gasteiger partial charge is 0.478 e. The SMILES string of the molecule is CCc1oc(C(=O)N2CCN(S(C)(=O)=O)CC2)cc1C(=O)O.